The van der Waals surface area contributed by atoms with Crippen molar-refractivity contribution in [2.75, 3.05) is 12.5 Å². The Balaban J connectivity index is 2.12. The average Bonchev–Trinajstić information content (AvgIpc) is 2.42. The fraction of sp³-hybridized carbons (Fsp3) is 0.188. The molecule has 0 fully saturated rings. The van der Waals surface area contributed by atoms with E-state index in [0.29, 0.717) is 0 Å². The molecule has 0 atom stereocenters. The lowest BCUT2D eigenvalue weighted by atomic mass is 10.1. The summed E-state index contributed by atoms with van der Waals surface area (Å²) in [5, 5.41) is 4.26. The molecule has 0 aliphatic carbocycles. The second-order valence-electron chi connectivity index (χ2n) is 4.69. The zero-order valence-electron chi connectivity index (χ0n) is 12.1. The third-order valence-electron chi connectivity index (χ3n) is 3.14. The molecule has 0 aliphatic heterocycles. The van der Waals surface area contributed by atoms with E-state index in [1.807, 2.05) is 18.2 Å². The van der Waals surface area contributed by atoms with Crippen molar-refractivity contribution in [1.82, 2.24) is 0 Å². The Hall–Kier alpha value is -1.33. The fourth-order valence-corrected chi connectivity index (χ4v) is 3.39. The molecule has 0 aliphatic rings. The average molecular weight is 412 g/mol. The minimum atomic E-state index is 0.772. The molecule has 0 amide bonds. The standard InChI is InChI=1S/C16H16Br2N2O/c1-10-4-5-13(6-11(10)2)20-19-9-12-7-14(17)16(21-3)15(18)8-12/h4-9,20H,1-3H3/b19-9+. The third kappa shape index (κ3) is 4.08. The second-order valence-corrected chi connectivity index (χ2v) is 6.40. The van der Waals surface area contributed by atoms with E-state index in [9.17, 15) is 0 Å². The van der Waals surface area contributed by atoms with Crippen LogP contribution in [0.3, 0.4) is 0 Å². The van der Waals surface area contributed by atoms with E-state index in [1.54, 1.807) is 13.3 Å². The summed E-state index contributed by atoms with van der Waals surface area (Å²) in [7, 11) is 1.64. The van der Waals surface area contributed by atoms with E-state index in [-0.39, 0.29) is 0 Å². The molecule has 3 nitrogen and oxygen atoms in total. The van der Waals surface area contributed by atoms with Gasteiger partial charge in [-0.1, -0.05) is 6.07 Å². The lowest BCUT2D eigenvalue weighted by molar-refractivity contribution is 0.409. The van der Waals surface area contributed by atoms with Crippen molar-refractivity contribution in [2.24, 2.45) is 5.10 Å². The summed E-state index contributed by atoms with van der Waals surface area (Å²) in [4.78, 5) is 0. The molecule has 2 aromatic carbocycles. The molecular weight excluding hydrogens is 396 g/mol. The number of anilines is 1. The number of nitrogens with zero attached hydrogens (tertiary/aromatic N) is 1. The third-order valence-corrected chi connectivity index (χ3v) is 4.32. The van der Waals surface area contributed by atoms with Crippen LogP contribution >= 0.6 is 31.9 Å². The number of rotatable bonds is 4. The fourth-order valence-electron chi connectivity index (χ4n) is 1.84. The van der Waals surface area contributed by atoms with Gasteiger partial charge in [0.1, 0.15) is 5.75 Å². The van der Waals surface area contributed by atoms with Gasteiger partial charge in [0.2, 0.25) is 0 Å². The Morgan fingerprint density at radius 2 is 1.71 bits per heavy atom. The highest BCUT2D eigenvalue weighted by molar-refractivity contribution is 9.11. The lowest BCUT2D eigenvalue weighted by Crippen LogP contribution is -1.93. The van der Waals surface area contributed by atoms with Gasteiger partial charge in [-0.2, -0.15) is 5.10 Å². The molecule has 0 radical (unpaired) electrons. The zero-order valence-corrected chi connectivity index (χ0v) is 15.2. The number of benzene rings is 2. The van der Waals surface area contributed by atoms with Crippen molar-refractivity contribution in [3.05, 3.63) is 56.0 Å². The van der Waals surface area contributed by atoms with Crippen molar-refractivity contribution in [2.45, 2.75) is 13.8 Å². The summed E-state index contributed by atoms with van der Waals surface area (Å²) in [6, 6.07) is 10.1. The van der Waals surface area contributed by atoms with Gasteiger partial charge in [0.05, 0.1) is 28.0 Å². The van der Waals surface area contributed by atoms with Gasteiger partial charge in [0, 0.05) is 0 Å². The maximum absolute atomic E-state index is 5.28. The first-order valence-electron chi connectivity index (χ1n) is 6.40. The summed E-state index contributed by atoms with van der Waals surface area (Å²) in [5.41, 5.74) is 7.48. The van der Waals surface area contributed by atoms with Crippen molar-refractivity contribution < 1.29 is 4.74 Å². The number of hydrazone groups is 1. The monoisotopic (exact) mass is 410 g/mol. The Morgan fingerprint density at radius 3 is 2.29 bits per heavy atom. The lowest BCUT2D eigenvalue weighted by Gasteiger charge is -2.07. The first kappa shape index (κ1) is 16.0. The van der Waals surface area contributed by atoms with E-state index in [0.717, 1.165) is 25.9 Å². The predicted molar refractivity (Wildman–Crippen MR) is 95.5 cm³/mol. The molecule has 0 bridgehead atoms. The molecule has 2 aromatic rings. The van der Waals surface area contributed by atoms with Crippen LogP contribution in [0.2, 0.25) is 0 Å². The predicted octanol–water partition coefficient (Wildman–Crippen LogP) is 5.28. The topological polar surface area (TPSA) is 33.6 Å². The SMILES string of the molecule is COc1c(Br)cc(/C=N/Nc2ccc(C)c(C)c2)cc1Br. The Morgan fingerprint density at radius 1 is 1.05 bits per heavy atom. The summed E-state index contributed by atoms with van der Waals surface area (Å²) in [6.07, 6.45) is 1.77. The highest BCUT2D eigenvalue weighted by atomic mass is 79.9. The Kier molecular flexibility index (Phi) is 5.42. The van der Waals surface area contributed by atoms with Gasteiger partial charge in [-0.25, -0.2) is 0 Å². The van der Waals surface area contributed by atoms with Gasteiger partial charge in [-0.15, -0.1) is 0 Å². The van der Waals surface area contributed by atoms with Crippen LogP contribution in [0, 0.1) is 13.8 Å². The molecule has 21 heavy (non-hydrogen) atoms. The molecular formula is C16H16Br2N2O. The minimum absolute atomic E-state index is 0.772. The maximum Gasteiger partial charge on any atom is 0.147 e. The summed E-state index contributed by atoms with van der Waals surface area (Å²) < 4.78 is 7.04. The molecule has 0 heterocycles. The smallest absolute Gasteiger partial charge is 0.147 e. The quantitative estimate of drug-likeness (QED) is 0.548. The van der Waals surface area contributed by atoms with Crippen LogP contribution in [0.5, 0.6) is 5.75 Å². The molecule has 0 aromatic heterocycles. The highest BCUT2D eigenvalue weighted by Gasteiger charge is 2.06. The highest BCUT2D eigenvalue weighted by Crippen LogP contribution is 2.33. The van der Waals surface area contributed by atoms with Crippen LogP contribution < -0.4 is 10.2 Å². The summed E-state index contributed by atoms with van der Waals surface area (Å²) in [6.45, 7) is 4.18. The number of nitrogens with one attached hydrogen (secondary N) is 1. The number of hydrogen-bond acceptors (Lipinski definition) is 3. The second kappa shape index (κ2) is 7.09. The van der Waals surface area contributed by atoms with Gasteiger partial charge in [0.15, 0.2) is 0 Å². The van der Waals surface area contributed by atoms with Crippen LogP contribution in [-0.4, -0.2) is 13.3 Å². The van der Waals surface area contributed by atoms with Gasteiger partial charge < -0.3 is 4.74 Å². The zero-order chi connectivity index (χ0) is 15.4. The van der Waals surface area contributed by atoms with Crippen LogP contribution in [0.25, 0.3) is 0 Å². The summed E-state index contributed by atoms with van der Waals surface area (Å²) in [5.74, 6) is 0.772. The van der Waals surface area contributed by atoms with Gasteiger partial charge >= 0.3 is 0 Å². The van der Waals surface area contributed by atoms with Crippen LogP contribution in [0.4, 0.5) is 5.69 Å². The largest absolute Gasteiger partial charge is 0.494 e. The van der Waals surface area contributed by atoms with E-state index >= 15 is 0 Å². The van der Waals surface area contributed by atoms with Crippen molar-refractivity contribution in [3.8, 4) is 5.75 Å². The summed E-state index contributed by atoms with van der Waals surface area (Å²) >= 11 is 6.95. The molecule has 2 rings (SSSR count). The van der Waals surface area contributed by atoms with Crippen LogP contribution in [0.1, 0.15) is 16.7 Å². The molecule has 0 saturated heterocycles. The first-order valence-corrected chi connectivity index (χ1v) is 7.99. The van der Waals surface area contributed by atoms with Crippen molar-refractivity contribution in [3.63, 3.8) is 0 Å². The van der Waals surface area contributed by atoms with E-state index in [1.165, 1.54) is 11.1 Å². The van der Waals surface area contributed by atoms with Crippen LogP contribution in [-0.2, 0) is 0 Å². The van der Waals surface area contributed by atoms with E-state index in [4.69, 9.17) is 4.74 Å². The van der Waals surface area contributed by atoms with E-state index < -0.39 is 0 Å². The van der Waals surface area contributed by atoms with Crippen molar-refractivity contribution >= 4 is 43.8 Å². The first-order chi connectivity index (χ1) is 10.0. The van der Waals surface area contributed by atoms with Crippen molar-refractivity contribution in [1.29, 1.82) is 0 Å². The van der Waals surface area contributed by atoms with E-state index in [2.05, 4.69) is 68.4 Å². The number of halogens is 2. The Labute approximate surface area is 141 Å². The molecule has 0 unspecified atom stereocenters. The molecule has 110 valence electrons. The van der Waals surface area contributed by atoms with Crippen LogP contribution in [0.15, 0.2) is 44.4 Å². The van der Waals surface area contributed by atoms with Gasteiger partial charge in [0.25, 0.3) is 0 Å². The maximum atomic E-state index is 5.28. The number of methoxy groups -OCH3 is 1. The van der Waals surface area contributed by atoms with Gasteiger partial charge in [-0.05, 0) is 86.7 Å². The molecule has 5 heteroatoms. The molecule has 1 N–H and O–H groups in total. The number of ether oxygens (including phenoxy) is 1. The Bertz CT molecular complexity index is 661. The van der Waals surface area contributed by atoms with Gasteiger partial charge in [-0.3, -0.25) is 5.43 Å². The number of hydrogen-bond donors (Lipinski definition) is 1. The minimum Gasteiger partial charge on any atom is -0.494 e. The molecule has 0 spiro atoms. The molecule has 0 saturated carbocycles. The normalized spacial score (nSPS) is 10.9. The number of aryl methyl sites for hydroxylation is 2.